The van der Waals surface area contributed by atoms with Crippen LogP contribution in [0, 0.1) is 5.92 Å². The predicted octanol–water partition coefficient (Wildman–Crippen LogP) is -0.171. The fraction of sp³-hybridized carbons (Fsp3) is 0.846. The zero-order chi connectivity index (χ0) is 13.4. The number of carboxylic acid groups (broad SMARTS) is 1. The molecule has 4 atom stereocenters. The van der Waals surface area contributed by atoms with E-state index >= 15 is 0 Å². The Bertz CT molecular complexity index is 387. The number of rotatable bonds is 3. The number of likely N-dealkylation sites (tertiary alicyclic amines) is 1. The highest BCUT2D eigenvalue weighted by molar-refractivity contribution is 5.82. The number of hydrogen-bond acceptors (Lipinski definition) is 4. The summed E-state index contributed by atoms with van der Waals surface area (Å²) in [6.07, 6.45) is 2.75. The quantitative estimate of drug-likeness (QED) is 0.743. The Morgan fingerprint density at radius 1 is 1.42 bits per heavy atom. The molecule has 3 fully saturated rings. The number of carboxylic acids is 1. The molecule has 6 heteroatoms. The molecule has 2 N–H and O–H groups in total. The normalized spacial score (nSPS) is 39.1. The SMILES string of the molecule is O=C(O)C1CCC(CN2CCCC3C(=O)NCC32)O1. The van der Waals surface area contributed by atoms with E-state index in [1.807, 2.05) is 0 Å². The summed E-state index contributed by atoms with van der Waals surface area (Å²) in [5.41, 5.74) is 0. The molecule has 0 aromatic rings. The van der Waals surface area contributed by atoms with E-state index in [0.717, 1.165) is 38.9 Å². The molecule has 4 unspecified atom stereocenters. The number of fused-ring (bicyclic) bond motifs is 1. The summed E-state index contributed by atoms with van der Waals surface area (Å²) in [4.78, 5) is 24.9. The third-order valence-corrected chi connectivity index (χ3v) is 4.54. The Kier molecular flexibility index (Phi) is 3.45. The zero-order valence-electron chi connectivity index (χ0n) is 10.9. The molecule has 0 saturated carbocycles. The zero-order valence-corrected chi connectivity index (χ0v) is 10.9. The molecule has 3 saturated heterocycles. The molecule has 3 heterocycles. The number of carbonyl (C=O) groups excluding carboxylic acids is 1. The Morgan fingerprint density at radius 2 is 2.26 bits per heavy atom. The Hall–Kier alpha value is -1.14. The molecule has 1 amide bonds. The number of piperidine rings is 1. The van der Waals surface area contributed by atoms with Gasteiger partial charge >= 0.3 is 5.97 Å². The lowest BCUT2D eigenvalue weighted by atomic mass is 9.91. The molecule has 3 aliphatic rings. The highest BCUT2D eigenvalue weighted by Gasteiger charge is 2.42. The Labute approximate surface area is 112 Å². The van der Waals surface area contributed by atoms with Crippen LogP contribution in [0.15, 0.2) is 0 Å². The summed E-state index contributed by atoms with van der Waals surface area (Å²) >= 11 is 0. The van der Waals surface area contributed by atoms with Crippen molar-refractivity contribution in [3.63, 3.8) is 0 Å². The van der Waals surface area contributed by atoms with Crippen molar-refractivity contribution < 1.29 is 19.4 Å². The average Bonchev–Trinajstić information content (AvgIpc) is 2.98. The maximum Gasteiger partial charge on any atom is 0.332 e. The van der Waals surface area contributed by atoms with Crippen LogP contribution in [0.25, 0.3) is 0 Å². The fourth-order valence-corrected chi connectivity index (χ4v) is 3.55. The summed E-state index contributed by atoms with van der Waals surface area (Å²) in [5, 5.41) is 11.9. The second kappa shape index (κ2) is 5.09. The van der Waals surface area contributed by atoms with E-state index in [2.05, 4.69) is 10.2 Å². The van der Waals surface area contributed by atoms with Crippen LogP contribution >= 0.6 is 0 Å². The molecule has 19 heavy (non-hydrogen) atoms. The van der Waals surface area contributed by atoms with E-state index in [1.165, 1.54) is 0 Å². The minimum atomic E-state index is -0.864. The van der Waals surface area contributed by atoms with Crippen molar-refractivity contribution in [1.29, 1.82) is 0 Å². The molecule has 0 aromatic carbocycles. The molecule has 6 nitrogen and oxygen atoms in total. The van der Waals surface area contributed by atoms with Gasteiger partial charge in [0.25, 0.3) is 0 Å². The van der Waals surface area contributed by atoms with Gasteiger partial charge in [-0.15, -0.1) is 0 Å². The van der Waals surface area contributed by atoms with Gasteiger partial charge in [0.1, 0.15) is 0 Å². The molecule has 0 bridgehead atoms. The molecule has 0 aromatic heterocycles. The average molecular weight is 268 g/mol. The van der Waals surface area contributed by atoms with Gasteiger partial charge in [0, 0.05) is 19.1 Å². The largest absolute Gasteiger partial charge is 0.479 e. The van der Waals surface area contributed by atoms with E-state index < -0.39 is 12.1 Å². The van der Waals surface area contributed by atoms with E-state index in [1.54, 1.807) is 0 Å². The first kappa shape index (κ1) is 12.9. The summed E-state index contributed by atoms with van der Waals surface area (Å²) < 4.78 is 5.55. The van der Waals surface area contributed by atoms with Crippen LogP contribution in [-0.2, 0) is 14.3 Å². The second-order valence-electron chi connectivity index (χ2n) is 5.72. The van der Waals surface area contributed by atoms with Gasteiger partial charge in [0.15, 0.2) is 6.10 Å². The van der Waals surface area contributed by atoms with Crippen molar-refractivity contribution >= 4 is 11.9 Å². The third-order valence-electron chi connectivity index (χ3n) is 4.54. The lowest BCUT2D eigenvalue weighted by Crippen LogP contribution is -2.48. The second-order valence-corrected chi connectivity index (χ2v) is 5.72. The fourth-order valence-electron chi connectivity index (χ4n) is 3.55. The van der Waals surface area contributed by atoms with Crippen LogP contribution < -0.4 is 5.32 Å². The van der Waals surface area contributed by atoms with Crippen molar-refractivity contribution in [3.8, 4) is 0 Å². The maximum atomic E-state index is 11.7. The van der Waals surface area contributed by atoms with E-state index in [-0.39, 0.29) is 24.0 Å². The summed E-state index contributed by atoms with van der Waals surface area (Å²) in [5.74, 6) is -0.576. The van der Waals surface area contributed by atoms with Crippen LogP contribution in [0.3, 0.4) is 0 Å². The van der Waals surface area contributed by atoms with Gasteiger partial charge < -0.3 is 15.2 Å². The monoisotopic (exact) mass is 268 g/mol. The van der Waals surface area contributed by atoms with Gasteiger partial charge in [0.05, 0.1) is 12.0 Å². The topological polar surface area (TPSA) is 78.9 Å². The van der Waals surface area contributed by atoms with Gasteiger partial charge in [-0.3, -0.25) is 9.69 Å². The molecule has 0 aliphatic carbocycles. The molecule has 0 radical (unpaired) electrons. The van der Waals surface area contributed by atoms with Crippen LogP contribution in [0.2, 0.25) is 0 Å². The van der Waals surface area contributed by atoms with E-state index in [0.29, 0.717) is 6.42 Å². The number of aliphatic carboxylic acids is 1. The molecular formula is C13H20N2O4. The Balaban J connectivity index is 1.58. The van der Waals surface area contributed by atoms with Gasteiger partial charge in [-0.05, 0) is 32.2 Å². The van der Waals surface area contributed by atoms with Crippen molar-refractivity contribution in [3.05, 3.63) is 0 Å². The number of hydrogen-bond donors (Lipinski definition) is 2. The van der Waals surface area contributed by atoms with Gasteiger partial charge in [-0.25, -0.2) is 4.79 Å². The van der Waals surface area contributed by atoms with Gasteiger partial charge in [-0.1, -0.05) is 0 Å². The van der Waals surface area contributed by atoms with Crippen LogP contribution in [-0.4, -0.2) is 59.8 Å². The van der Waals surface area contributed by atoms with Crippen LogP contribution in [0.1, 0.15) is 25.7 Å². The Morgan fingerprint density at radius 3 is 3.00 bits per heavy atom. The van der Waals surface area contributed by atoms with Crippen molar-refractivity contribution in [2.24, 2.45) is 5.92 Å². The van der Waals surface area contributed by atoms with Crippen LogP contribution in [0.4, 0.5) is 0 Å². The summed E-state index contributed by atoms with van der Waals surface area (Å²) in [6.45, 7) is 2.45. The highest BCUT2D eigenvalue weighted by atomic mass is 16.5. The lowest BCUT2D eigenvalue weighted by molar-refractivity contribution is -0.149. The number of nitrogens with zero attached hydrogens (tertiary/aromatic N) is 1. The summed E-state index contributed by atoms with van der Waals surface area (Å²) in [6, 6.07) is 0.272. The van der Waals surface area contributed by atoms with Gasteiger partial charge in [0.2, 0.25) is 5.91 Å². The first-order chi connectivity index (χ1) is 9.15. The molecule has 3 aliphatic heterocycles. The minimum absolute atomic E-state index is 0.00412. The lowest BCUT2D eigenvalue weighted by Gasteiger charge is -2.37. The molecular weight excluding hydrogens is 248 g/mol. The molecule has 3 rings (SSSR count). The predicted molar refractivity (Wildman–Crippen MR) is 66.6 cm³/mol. The van der Waals surface area contributed by atoms with Gasteiger partial charge in [-0.2, -0.15) is 0 Å². The maximum absolute atomic E-state index is 11.7. The number of ether oxygens (including phenoxy) is 1. The highest BCUT2D eigenvalue weighted by Crippen LogP contribution is 2.29. The van der Waals surface area contributed by atoms with E-state index in [9.17, 15) is 9.59 Å². The molecule has 106 valence electrons. The van der Waals surface area contributed by atoms with Crippen LogP contribution in [0.5, 0.6) is 0 Å². The number of amides is 1. The van der Waals surface area contributed by atoms with Crippen molar-refractivity contribution in [1.82, 2.24) is 10.2 Å². The first-order valence-corrected chi connectivity index (χ1v) is 7.05. The summed E-state index contributed by atoms with van der Waals surface area (Å²) in [7, 11) is 0. The number of nitrogens with one attached hydrogen (secondary N) is 1. The molecule has 0 spiro atoms. The van der Waals surface area contributed by atoms with Crippen molar-refractivity contribution in [2.45, 2.75) is 43.9 Å². The van der Waals surface area contributed by atoms with E-state index in [4.69, 9.17) is 9.84 Å². The standard InChI is InChI=1S/C13H20N2O4/c16-12-9-2-1-5-15(10(9)6-14-12)7-8-3-4-11(19-8)13(17)18/h8-11H,1-7H2,(H,14,16)(H,17,18). The van der Waals surface area contributed by atoms with Crippen molar-refractivity contribution in [2.75, 3.05) is 19.6 Å². The third kappa shape index (κ3) is 2.47. The minimum Gasteiger partial charge on any atom is -0.479 e. The number of carbonyl (C=O) groups is 2. The first-order valence-electron chi connectivity index (χ1n) is 7.05. The smallest absolute Gasteiger partial charge is 0.332 e.